The molecular formula is C15H25NO3. The fourth-order valence-electron chi connectivity index (χ4n) is 3.78. The molecule has 0 saturated heterocycles. The Morgan fingerprint density at radius 2 is 2.05 bits per heavy atom. The zero-order valence-electron chi connectivity index (χ0n) is 11.9. The summed E-state index contributed by atoms with van der Waals surface area (Å²) in [6.07, 6.45) is 6.31. The van der Waals surface area contributed by atoms with Gasteiger partial charge in [0.25, 0.3) is 0 Å². The van der Waals surface area contributed by atoms with Crippen molar-refractivity contribution in [3.63, 3.8) is 0 Å². The third-order valence-corrected chi connectivity index (χ3v) is 5.13. The number of nitrogens with one attached hydrogen (secondary N) is 1. The van der Waals surface area contributed by atoms with Crippen molar-refractivity contribution in [2.75, 3.05) is 0 Å². The Hall–Kier alpha value is -1.06. The fraction of sp³-hybridized carbons (Fsp3) is 0.867. The molecule has 19 heavy (non-hydrogen) atoms. The number of aliphatic carboxylic acids is 1. The quantitative estimate of drug-likeness (QED) is 0.776. The van der Waals surface area contributed by atoms with Crippen molar-refractivity contribution in [2.45, 2.75) is 58.4 Å². The molecule has 2 rings (SSSR count). The first-order valence-corrected chi connectivity index (χ1v) is 7.53. The van der Waals surface area contributed by atoms with Crippen LogP contribution in [0.3, 0.4) is 0 Å². The molecule has 2 aliphatic carbocycles. The first kappa shape index (κ1) is 14.4. The van der Waals surface area contributed by atoms with Gasteiger partial charge in [0.2, 0.25) is 5.91 Å². The maximum atomic E-state index is 12.0. The maximum Gasteiger partial charge on any atom is 0.326 e. The van der Waals surface area contributed by atoms with Crippen molar-refractivity contribution in [3.05, 3.63) is 0 Å². The number of amides is 1. The summed E-state index contributed by atoms with van der Waals surface area (Å²) in [6, 6.07) is -0.740. The Labute approximate surface area is 115 Å². The third kappa shape index (κ3) is 3.28. The summed E-state index contributed by atoms with van der Waals surface area (Å²) in [5.74, 6) is 1.00. The minimum absolute atomic E-state index is 0.0264. The van der Waals surface area contributed by atoms with Crippen LogP contribution in [0.2, 0.25) is 0 Å². The van der Waals surface area contributed by atoms with Crippen LogP contribution >= 0.6 is 0 Å². The van der Waals surface area contributed by atoms with Gasteiger partial charge in [-0.3, -0.25) is 4.79 Å². The summed E-state index contributed by atoms with van der Waals surface area (Å²) in [4.78, 5) is 23.2. The molecule has 4 heteroatoms. The van der Waals surface area contributed by atoms with Crippen molar-refractivity contribution >= 4 is 11.9 Å². The molecule has 2 fully saturated rings. The first-order valence-electron chi connectivity index (χ1n) is 7.53. The van der Waals surface area contributed by atoms with E-state index in [1.165, 1.54) is 25.7 Å². The number of carboxylic acid groups (broad SMARTS) is 1. The van der Waals surface area contributed by atoms with Gasteiger partial charge in [-0.15, -0.1) is 0 Å². The molecule has 2 bridgehead atoms. The molecule has 0 aliphatic heterocycles. The number of carbonyl (C=O) groups excluding carboxylic acids is 1. The van der Waals surface area contributed by atoms with E-state index in [1.807, 2.05) is 13.8 Å². The lowest BCUT2D eigenvalue weighted by Crippen LogP contribution is -2.45. The van der Waals surface area contributed by atoms with Gasteiger partial charge in [-0.25, -0.2) is 4.79 Å². The zero-order chi connectivity index (χ0) is 14.0. The second kappa shape index (κ2) is 5.93. The third-order valence-electron chi connectivity index (χ3n) is 5.13. The van der Waals surface area contributed by atoms with Gasteiger partial charge in [-0.1, -0.05) is 26.7 Å². The molecular weight excluding hydrogens is 242 g/mol. The van der Waals surface area contributed by atoms with Gasteiger partial charge < -0.3 is 10.4 Å². The van der Waals surface area contributed by atoms with Crippen LogP contribution < -0.4 is 5.32 Å². The van der Waals surface area contributed by atoms with E-state index in [0.29, 0.717) is 18.3 Å². The highest BCUT2D eigenvalue weighted by atomic mass is 16.4. The van der Waals surface area contributed by atoms with E-state index in [2.05, 4.69) is 5.32 Å². The Morgan fingerprint density at radius 1 is 1.32 bits per heavy atom. The molecule has 0 radical (unpaired) electrons. The fourth-order valence-corrected chi connectivity index (χ4v) is 3.78. The summed E-state index contributed by atoms with van der Waals surface area (Å²) in [5.41, 5.74) is 0. The van der Waals surface area contributed by atoms with Crippen LogP contribution in [0.1, 0.15) is 52.4 Å². The summed E-state index contributed by atoms with van der Waals surface area (Å²) >= 11 is 0. The number of hydrogen-bond donors (Lipinski definition) is 2. The maximum absolute atomic E-state index is 12.0. The smallest absolute Gasteiger partial charge is 0.326 e. The molecule has 2 N–H and O–H groups in total. The molecule has 108 valence electrons. The van der Waals surface area contributed by atoms with Crippen molar-refractivity contribution in [1.29, 1.82) is 0 Å². The average Bonchev–Trinajstić information content (AvgIpc) is 2.96. The lowest BCUT2D eigenvalue weighted by atomic mass is 9.86. The van der Waals surface area contributed by atoms with Crippen LogP contribution in [0.4, 0.5) is 0 Å². The standard InChI is InChI=1S/C15H25NO3/c1-3-9(2)14(15(18)19)16-13(17)8-12-7-10-4-5-11(12)6-10/h9-12,14H,3-8H2,1-2H3,(H,16,17)(H,18,19). The number of carbonyl (C=O) groups is 2. The lowest BCUT2D eigenvalue weighted by molar-refractivity contribution is -0.143. The highest BCUT2D eigenvalue weighted by molar-refractivity contribution is 5.83. The highest BCUT2D eigenvalue weighted by Gasteiger charge is 2.40. The topological polar surface area (TPSA) is 66.4 Å². The molecule has 0 spiro atoms. The van der Waals surface area contributed by atoms with Crippen molar-refractivity contribution < 1.29 is 14.7 Å². The van der Waals surface area contributed by atoms with Gasteiger partial charge in [0.05, 0.1) is 0 Å². The van der Waals surface area contributed by atoms with Crippen LogP contribution in [-0.2, 0) is 9.59 Å². The first-order chi connectivity index (χ1) is 9.01. The molecule has 5 unspecified atom stereocenters. The minimum Gasteiger partial charge on any atom is -0.480 e. The predicted octanol–water partition coefficient (Wildman–Crippen LogP) is 2.43. The van der Waals surface area contributed by atoms with E-state index in [9.17, 15) is 14.7 Å². The normalized spacial score (nSPS) is 32.0. The van der Waals surface area contributed by atoms with Crippen LogP contribution in [0.5, 0.6) is 0 Å². The van der Waals surface area contributed by atoms with Gasteiger partial charge >= 0.3 is 5.97 Å². The van der Waals surface area contributed by atoms with Crippen molar-refractivity contribution in [2.24, 2.45) is 23.7 Å². The molecule has 2 saturated carbocycles. The molecule has 5 atom stereocenters. The minimum atomic E-state index is -0.921. The van der Waals surface area contributed by atoms with E-state index in [1.54, 1.807) is 0 Å². The van der Waals surface area contributed by atoms with Gasteiger partial charge in [-0.2, -0.15) is 0 Å². The Morgan fingerprint density at radius 3 is 2.53 bits per heavy atom. The summed E-state index contributed by atoms with van der Waals surface area (Å²) < 4.78 is 0. The van der Waals surface area contributed by atoms with Crippen LogP contribution in [-0.4, -0.2) is 23.0 Å². The summed E-state index contributed by atoms with van der Waals surface area (Å²) in [5, 5.41) is 11.9. The molecule has 0 aromatic heterocycles. The van der Waals surface area contributed by atoms with Gasteiger partial charge in [-0.05, 0) is 42.9 Å². The molecule has 0 heterocycles. The molecule has 2 aliphatic rings. The van der Waals surface area contributed by atoms with Crippen molar-refractivity contribution in [3.8, 4) is 0 Å². The van der Waals surface area contributed by atoms with Crippen LogP contribution in [0.25, 0.3) is 0 Å². The van der Waals surface area contributed by atoms with E-state index in [0.717, 1.165) is 12.3 Å². The second-order valence-corrected chi connectivity index (χ2v) is 6.41. The van der Waals surface area contributed by atoms with E-state index in [-0.39, 0.29) is 11.8 Å². The number of carboxylic acids is 1. The van der Waals surface area contributed by atoms with Crippen LogP contribution in [0.15, 0.2) is 0 Å². The molecule has 0 aromatic carbocycles. The predicted molar refractivity (Wildman–Crippen MR) is 72.6 cm³/mol. The van der Waals surface area contributed by atoms with Gasteiger partial charge in [0, 0.05) is 6.42 Å². The number of hydrogen-bond acceptors (Lipinski definition) is 2. The van der Waals surface area contributed by atoms with Gasteiger partial charge in [0.15, 0.2) is 0 Å². The second-order valence-electron chi connectivity index (χ2n) is 6.41. The monoisotopic (exact) mass is 267 g/mol. The highest BCUT2D eigenvalue weighted by Crippen LogP contribution is 2.49. The Balaban J connectivity index is 1.84. The number of rotatable bonds is 6. The van der Waals surface area contributed by atoms with Crippen LogP contribution in [0, 0.1) is 23.7 Å². The summed E-state index contributed by atoms with van der Waals surface area (Å²) in [6.45, 7) is 3.82. The largest absolute Gasteiger partial charge is 0.480 e. The van der Waals surface area contributed by atoms with E-state index < -0.39 is 12.0 Å². The molecule has 4 nitrogen and oxygen atoms in total. The van der Waals surface area contributed by atoms with E-state index >= 15 is 0 Å². The number of fused-ring (bicyclic) bond motifs is 2. The Bertz CT molecular complexity index is 355. The SMILES string of the molecule is CCC(C)C(NC(=O)CC1CC2CCC1C2)C(=O)O. The lowest BCUT2D eigenvalue weighted by Gasteiger charge is -2.24. The zero-order valence-corrected chi connectivity index (χ0v) is 11.9. The molecule has 0 aromatic rings. The van der Waals surface area contributed by atoms with Gasteiger partial charge in [0.1, 0.15) is 6.04 Å². The molecule has 1 amide bonds. The Kier molecular flexibility index (Phi) is 4.48. The average molecular weight is 267 g/mol. The van der Waals surface area contributed by atoms with E-state index in [4.69, 9.17) is 0 Å². The summed E-state index contributed by atoms with van der Waals surface area (Å²) in [7, 11) is 0. The van der Waals surface area contributed by atoms with Crippen molar-refractivity contribution in [1.82, 2.24) is 5.32 Å².